The van der Waals surface area contributed by atoms with Crippen molar-refractivity contribution >= 4 is 28.6 Å². The Morgan fingerprint density at radius 1 is 1.10 bits per heavy atom. The molecular weight excluding hydrogens is 416 g/mol. The predicted molar refractivity (Wildman–Crippen MR) is 121 cm³/mol. The summed E-state index contributed by atoms with van der Waals surface area (Å²) in [5.41, 5.74) is 2.93. The molecule has 0 aliphatic rings. The van der Waals surface area contributed by atoms with Crippen LogP contribution in [0.3, 0.4) is 0 Å². The number of hydrogen-bond acceptors (Lipinski definition) is 6. The van der Waals surface area contributed by atoms with Gasteiger partial charge in [-0.2, -0.15) is 5.10 Å². The van der Waals surface area contributed by atoms with E-state index < -0.39 is 0 Å². The van der Waals surface area contributed by atoms with Gasteiger partial charge in [-0.15, -0.1) is 22.7 Å². The number of carbonyl (C=O) groups is 1. The molecule has 0 aliphatic carbocycles. The van der Waals surface area contributed by atoms with Crippen molar-refractivity contribution in [1.29, 1.82) is 0 Å². The molecule has 0 spiro atoms. The van der Waals surface area contributed by atoms with Gasteiger partial charge in [0.1, 0.15) is 10.7 Å². The first-order valence-corrected chi connectivity index (χ1v) is 11.2. The molecular formula is C22H20N4O2S2. The minimum Gasteiger partial charge on any atom is -0.350 e. The lowest BCUT2D eigenvalue weighted by Gasteiger charge is -2.09. The van der Waals surface area contributed by atoms with Gasteiger partial charge in [0.15, 0.2) is 0 Å². The van der Waals surface area contributed by atoms with E-state index in [1.54, 1.807) is 34.8 Å². The van der Waals surface area contributed by atoms with Gasteiger partial charge < -0.3 is 5.32 Å². The Balaban J connectivity index is 1.50. The van der Waals surface area contributed by atoms with E-state index in [1.165, 1.54) is 10.7 Å². The quantitative estimate of drug-likeness (QED) is 0.493. The minimum atomic E-state index is -0.204. The van der Waals surface area contributed by atoms with E-state index in [9.17, 15) is 9.59 Å². The zero-order chi connectivity index (χ0) is 21.1. The molecule has 0 fully saturated rings. The minimum absolute atomic E-state index is 0.156. The topological polar surface area (TPSA) is 76.9 Å². The van der Waals surface area contributed by atoms with Crippen LogP contribution in [0.5, 0.6) is 0 Å². The van der Waals surface area contributed by atoms with Crippen LogP contribution in [0.2, 0.25) is 0 Å². The number of aryl methyl sites for hydroxylation is 2. The summed E-state index contributed by atoms with van der Waals surface area (Å²) in [6.45, 7) is 4.44. The first-order chi connectivity index (χ1) is 14.5. The molecule has 30 heavy (non-hydrogen) atoms. The highest BCUT2D eigenvalue weighted by Gasteiger charge is 2.14. The van der Waals surface area contributed by atoms with E-state index in [-0.39, 0.29) is 11.5 Å². The van der Waals surface area contributed by atoms with Gasteiger partial charge in [-0.05, 0) is 43.0 Å². The SMILES string of the molecule is Cc1ccccc1C(=O)NCCn1nc(-c2sc(-c3cccs3)nc2C)ccc1=O. The molecule has 0 saturated heterocycles. The molecule has 3 heterocycles. The highest BCUT2D eigenvalue weighted by molar-refractivity contribution is 7.23. The number of rotatable bonds is 6. The Labute approximate surface area is 181 Å². The van der Waals surface area contributed by atoms with Crippen molar-refractivity contribution in [1.82, 2.24) is 20.1 Å². The summed E-state index contributed by atoms with van der Waals surface area (Å²) in [7, 11) is 0. The van der Waals surface area contributed by atoms with Gasteiger partial charge in [0.25, 0.3) is 11.5 Å². The summed E-state index contributed by atoms with van der Waals surface area (Å²) in [4.78, 5) is 31.3. The molecule has 152 valence electrons. The van der Waals surface area contributed by atoms with Crippen molar-refractivity contribution in [2.45, 2.75) is 20.4 Å². The Kier molecular flexibility index (Phi) is 5.87. The van der Waals surface area contributed by atoms with Gasteiger partial charge in [0, 0.05) is 18.2 Å². The lowest BCUT2D eigenvalue weighted by atomic mass is 10.1. The van der Waals surface area contributed by atoms with E-state index >= 15 is 0 Å². The molecule has 0 saturated carbocycles. The van der Waals surface area contributed by atoms with Crippen LogP contribution in [0.15, 0.2) is 58.7 Å². The van der Waals surface area contributed by atoms with Crippen molar-refractivity contribution in [2.24, 2.45) is 0 Å². The Bertz CT molecular complexity index is 1240. The number of nitrogens with zero attached hydrogens (tertiary/aromatic N) is 3. The van der Waals surface area contributed by atoms with E-state index in [4.69, 9.17) is 0 Å². The van der Waals surface area contributed by atoms with Crippen molar-refractivity contribution in [2.75, 3.05) is 6.54 Å². The van der Waals surface area contributed by atoms with Crippen molar-refractivity contribution < 1.29 is 4.79 Å². The van der Waals surface area contributed by atoms with Gasteiger partial charge in [0.05, 0.1) is 22.0 Å². The molecule has 3 aromatic heterocycles. The molecule has 0 radical (unpaired) electrons. The molecule has 4 aromatic rings. The van der Waals surface area contributed by atoms with Crippen LogP contribution >= 0.6 is 22.7 Å². The van der Waals surface area contributed by atoms with Gasteiger partial charge >= 0.3 is 0 Å². The summed E-state index contributed by atoms with van der Waals surface area (Å²) < 4.78 is 1.39. The average Bonchev–Trinajstić information content (AvgIpc) is 3.39. The Morgan fingerprint density at radius 3 is 2.70 bits per heavy atom. The summed E-state index contributed by atoms with van der Waals surface area (Å²) in [6, 6.07) is 14.7. The summed E-state index contributed by atoms with van der Waals surface area (Å²) in [5.74, 6) is -0.156. The molecule has 4 rings (SSSR count). The third kappa shape index (κ3) is 4.24. The maximum atomic E-state index is 12.4. The number of hydrogen-bond donors (Lipinski definition) is 1. The molecule has 1 N–H and O–H groups in total. The molecule has 6 nitrogen and oxygen atoms in total. The van der Waals surface area contributed by atoms with E-state index in [0.29, 0.717) is 24.3 Å². The molecule has 1 aromatic carbocycles. The second-order valence-electron chi connectivity index (χ2n) is 6.76. The van der Waals surface area contributed by atoms with Crippen LogP contribution < -0.4 is 10.9 Å². The van der Waals surface area contributed by atoms with Crippen LogP contribution in [0.25, 0.3) is 20.5 Å². The zero-order valence-corrected chi connectivity index (χ0v) is 18.2. The fourth-order valence-corrected chi connectivity index (χ4v) is 4.90. The van der Waals surface area contributed by atoms with Gasteiger partial charge in [-0.3, -0.25) is 9.59 Å². The largest absolute Gasteiger partial charge is 0.350 e. The number of amides is 1. The smallest absolute Gasteiger partial charge is 0.266 e. The van der Waals surface area contributed by atoms with E-state index in [2.05, 4.69) is 15.4 Å². The first kappa shape index (κ1) is 20.2. The fraction of sp³-hybridized carbons (Fsp3) is 0.182. The monoisotopic (exact) mass is 436 g/mol. The van der Waals surface area contributed by atoms with Crippen LogP contribution in [0.1, 0.15) is 21.6 Å². The third-order valence-electron chi connectivity index (χ3n) is 4.63. The Hall–Kier alpha value is -3.10. The second-order valence-corrected chi connectivity index (χ2v) is 8.71. The van der Waals surface area contributed by atoms with Gasteiger partial charge in [0.2, 0.25) is 0 Å². The highest BCUT2D eigenvalue weighted by atomic mass is 32.1. The number of carbonyl (C=O) groups excluding carboxylic acids is 1. The predicted octanol–water partition coefficient (Wildman–Crippen LogP) is 4.14. The van der Waals surface area contributed by atoms with Crippen molar-refractivity contribution in [3.05, 3.63) is 81.1 Å². The molecule has 0 bridgehead atoms. The summed E-state index contributed by atoms with van der Waals surface area (Å²) in [5, 5.41) is 10.3. The lowest BCUT2D eigenvalue weighted by molar-refractivity contribution is 0.0951. The maximum absolute atomic E-state index is 12.4. The Morgan fingerprint density at radius 2 is 1.93 bits per heavy atom. The maximum Gasteiger partial charge on any atom is 0.266 e. The zero-order valence-electron chi connectivity index (χ0n) is 16.6. The number of nitrogens with one attached hydrogen (secondary N) is 1. The van der Waals surface area contributed by atoms with E-state index in [1.807, 2.05) is 49.6 Å². The molecule has 0 unspecified atom stereocenters. The second kappa shape index (κ2) is 8.73. The number of thiophene rings is 1. The van der Waals surface area contributed by atoms with Crippen LogP contribution in [0, 0.1) is 13.8 Å². The molecule has 8 heteroatoms. The first-order valence-electron chi connectivity index (χ1n) is 9.46. The summed E-state index contributed by atoms with van der Waals surface area (Å²) >= 11 is 3.21. The van der Waals surface area contributed by atoms with Gasteiger partial charge in [-0.25, -0.2) is 9.67 Å². The third-order valence-corrected chi connectivity index (χ3v) is 6.85. The van der Waals surface area contributed by atoms with Crippen molar-refractivity contribution in [3.63, 3.8) is 0 Å². The number of benzene rings is 1. The van der Waals surface area contributed by atoms with Crippen LogP contribution in [-0.4, -0.2) is 27.2 Å². The number of thiazole rings is 1. The van der Waals surface area contributed by atoms with Gasteiger partial charge in [-0.1, -0.05) is 24.3 Å². The highest BCUT2D eigenvalue weighted by Crippen LogP contribution is 2.35. The van der Waals surface area contributed by atoms with E-state index in [0.717, 1.165) is 26.0 Å². The normalized spacial score (nSPS) is 10.9. The molecule has 1 amide bonds. The fourth-order valence-electron chi connectivity index (χ4n) is 3.07. The van der Waals surface area contributed by atoms with Crippen LogP contribution in [0.4, 0.5) is 0 Å². The average molecular weight is 437 g/mol. The lowest BCUT2D eigenvalue weighted by Crippen LogP contribution is -2.32. The number of aromatic nitrogens is 3. The standard InChI is InChI=1S/C22H20N4O2S2/c1-14-6-3-4-7-16(14)21(28)23-11-12-26-19(27)10-9-17(25-26)20-15(2)24-22(30-20)18-8-5-13-29-18/h3-10,13H,11-12H2,1-2H3,(H,23,28). The molecule has 0 aliphatic heterocycles. The summed E-state index contributed by atoms with van der Waals surface area (Å²) in [6.07, 6.45) is 0. The van der Waals surface area contributed by atoms with Crippen LogP contribution in [-0.2, 0) is 6.54 Å². The van der Waals surface area contributed by atoms with Crippen molar-refractivity contribution in [3.8, 4) is 20.5 Å². The molecule has 0 atom stereocenters.